The first kappa shape index (κ1) is 15.0. The number of sulfonamides is 1. The summed E-state index contributed by atoms with van der Waals surface area (Å²) in [5.74, 6) is 0.673. The van der Waals surface area contributed by atoms with Gasteiger partial charge in [0.05, 0.1) is 4.90 Å². The number of hydrogen-bond donors (Lipinski definition) is 2. The van der Waals surface area contributed by atoms with Crippen LogP contribution < -0.4 is 15.0 Å². The molecule has 0 saturated heterocycles. The summed E-state index contributed by atoms with van der Waals surface area (Å²) in [6, 6.07) is 15.0. The zero-order valence-corrected chi connectivity index (χ0v) is 12.1. The fraction of sp³-hybridized carbons (Fsp3) is 0.0714. The van der Waals surface area contributed by atoms with Gasteiger partial charge >= 0.3 is 0 Å². The highest BCUT2D eigenvalue weighted by atomic mass is 32.2. The molecule has 0 saturated carbocycles. The Morgan fingerprint density at radius 1 is 0.952 bits per heavy atom. The Hall–Kier alpha value is -2.38. The minimum atomic E-state index is -3.78. The first-order valence-corrected chi connectivity index (χ1v) is 7.57. The molecule has 0 aromatic heterocycles. The minimum absolute atomic E-state index is 0.0247. The monoisotopic (exact) mass is 306 g/mol. The summed E-state index contributed by atoms with van der Waals surface area (Å²) in [5, 5.41) is 0. The van der Waals surface area contributed by atoms with Gasteiger partial charge in [-0.15, -0.1) is 4.83 Å². The molecule has 7 heteroatoms. The quantitative estimate of drug-likeness (QED) is 0.825. The Labute approximate surface area is 122 Å². The van der Waals surface area contributed by atoms with E-state index in [0.29, 0.717) is 11.5 Å². The number of para-hydroxylation sites is 1. The van der Waals surface area contributed by atoms with E-state index in [1.165, 1.54) is 31.2 Å². The van der Waals surface area contributed by atoms with Gasteiger partial charge in [0.2, 0.25) is 5.91 Å². The second-order valence-corrected chi connectivity index (χ2v) is 5.86. The van der Waals surface area contributed by atoms with Crippen molar-refractivity contribution in [3.8, 4) is 11.5 Å². The average Bonchev–Trinajstić information content (AvgIpc) is 2.47. The number of ether oxygens (including phenoxy) is 1. The van der Waals surface area contributed by atoms with E-state index in [9.17, 15) is 13.2 Å². The molecule has 0 aliphatic rings. The zero-order chi connectivity index (χ0) is 15.3. The fourth-order valence-corrected chi connectivity index (χ4v) is 2.40. The first-order valence-electron chi connectivity index (χ1n) is 6.09. The van der Waals surface area contributed by atoms with Gasteiger partial charge in [-0.2, -0.15) is 0 Å². The Kier molecular flexibility index (Phi) is 4.56. The summed E-state index contributed by atoms with van der Waals surface area (Å²) in [6.07, 6.45) is 0. The summed E-state index contributed by atoms with van der Waals surface area (Å²) in [6.45, 7) is 1.21. The number of carbonyl (C=O) groups is 1. The molecule has 2 rings (SSSR count). The molecule has 0 radical (unpaired) electrons. The summed E-state index contributed by atoms with van der Waals surface area (Å²) >= 11 is 0. The fourth-order valence-electron chi connectivity index (χ4n) is 1.51. The van der Waals surface area contributed by atoms with Gasteiger partial charge in [-0.25, -0.2) is 8.42 Å². The van der Waals surface area contributed by atoms with Crippen LogP contribution in [-0.2, 0) is 14.8 Å². The van der Waals surface area contributed by atoms with Gasteiger partial charge in [-0.3, -0.25) is 10.2 Å². The molecule has 0 spiro atoms. The van der Waals surface area contributed by atoms with Crippen LogP contribution in [0.2, 0.25) is 0 Å². The Bertz CT molecular complexity index is 712. The van der Waals surface area contributed by atoms with Gasteiger partial charge in [0.15, 0.2) is 0 Å². The van der Waals surface area contributed by atoms with Crippen molar-refractivity contribution >= 4 is 15.9 Å². The Morgan fingerprint density at radius 2 is 1.52 bits per heavy atom. The van der Waals surface area contributed by atoms with E-state index in [1.807, 2.05) is 28.5 Å². The number of amides is 1. The SMILES string of the molecule is CC(=O)NNS(=O)(=O)c1ccc(Oc2ccccc2)cc1. The molecule has 1 amide bonds. The van der Waals surface area contributed by atoms with E-state index in [-0.39, 0.29) is 4.90 Å². The number of benzene rings is 2. The summed E-state index contributed by atoms with van der Waals surface area (Å²) in [4.78, 5) is 12.7. The van der Waals surface area contributed by atoms with E-state index in [0.717, 1.165) is 0 Å². The van der Waals surface area contributed by atoms with Crippen molar-refractivity contribution in [3.63, 3.8) is 0 Å². The third-order valence-corrected chi connectivity index (χ3v) is 3.74. The summed E-state index contributed by atoms with van der Waals surface area (Å²) in [7, 11) is -3.78. The smallest absolute Gasteiger partial charge is 0.257 e. The van der Waals surface area contributed by atoms with Crippen LogP contribution in [0.5, 0.6) is 11.5 Å². The highest BCUT2D eigenvalue weighted by molar-refractivity contribution is 7.89. The predicted octanol–water partition coefficient (Wildman–Crippen LogP) is 1.81. The van der Waals surface area contributed by atoms with Gasteiger partial charge in [0, 0.05) is 6.92 Å². The maximum Gasteiger partial charge on any atom is 0.257 e. The second kappa shape index (κ2) is 6.38. The van der Waals surface area contributed by atoms with Gasteiger partial charge in [0.1, 0.15) is 11.5 Å². The molecule has 110 valence electrons. The largest absolute Gasteiger partial charge is 0.457 e. The van der Waals surface area contributed by atoms with Crippen LogP contribution in [0.3, 0.4) is 0 Å². The van der Waals surface area contributed by atoms with Crippen molar-refractivity contribution in [2.45, 2.75) is 11.8 Å². The van der Waals surface area contributed by atoms with Crippen LogP contribution in [0.15, 0.2) is 59.5 Å². The molecule has 21 heavy (non-hydrogen) atoms. The highest BCUT2D eigenvalue weighted by Crippen LogP contribution is 2.22. The van der Waals surface area contributed by atoms with Gasteiger partial charge in [0.25, 0.3) is 10.0 Å². The maximum absolute atomic E-state index is 11.8. The lowest BCUT2D eigenvalue weighted by atomic mass is 10.3. The second-order valence-electron chi connectivity index (χ2n) is 4.17. The average molecular weight is 306 g/mol. The molecular formula is C14H14N2O4S. The van der Waals surface area contributed by atoms with Gasteiger partial charge in [-0.05, 0) is 36.4 Å². The standard InChI is InChI=1S/C14H14N2O4S/c1-11(17)15-16-21(18,19)14-9-7-13(8-10-14)20-12-5-3-2-4-6-12/h2-10,16H,1H3,(H,15,17). The highest BCUT2D eigenvalue weighted by Gasteiger charge is 2.14. The lowest BCUT2D eigenvalue weighted by Gasteiger charge is -2.08. The normalized spacial score (nSPS) is 10.9. The van der Waals surface area contributed by atoms with Crippen LogP contribution in [0.1, 0.15) is 6.92 Å². The molecule has 0 aliphatic carbocycles. The third-order valence-electron chi connectivity index (χ3n) is 2.47. The summed E-state index contributed by atoms with van der Waals surface area (Å²) < 4.78 is 29.2. The van der Waals surface area contributed by atoms with E-state index in [1.54, 1.807) is 12.1 Å². The number of nitrogens with one attached hydrogen (secondary N) is 2. The molecule has 0 unspecified atom stereocenters. The number of rotatable bonds is 5. The third kappa shape index (κ3) is 4.30. The topological polar surface area (TPSA) is 84.5 Å². The molecule has 6 nitrogen and oxygen atoms in total. The van der Waals surface area contributed by atoms with Crippen molar-refractivity contribution in [3.05, 3.63) is 54.6 Å². The van der Waals surface area contributed by atoms with Crippen LogP contribution in [0, 0.1) is 0 Å². The van der Waals surface area contributed by atoms with Crippen molar-refractivity contribution < 1.29 is 17.9 Å². The molecule has 2 N–H and O–H groups in total. The number of carbonyl (C=O) groups excluding carboxylic acids is 1. The minimum Gasteiger partial charge on any atom is -0.457 e. The lowest BCUT2D eigenvalue weighted by Crippen LogP contribution is -2.40. The van der Waals surface area contributed by atoms with Crippen LogP contribution in [-0.4, -0.2) is 14.3 Å². The molecule has 2 aromatic rings. The Balaban J connectivity index is 2.10. The molecular weight excluding hydrogens is 292 g/mol. The molecule has 0 bridgehead atoms. The summed E-state index contributed by atoms with van der Waals surface area (Å²) in [5.41, 5.74) is 2.03. The zero-order valence-electron chi connectivity index (χ0n) is 11.2. The van der Waals surface area contributed by atoms with E-state index in [4.69, 9.17) is 4.74 Å². The van der Waals surface area contributed by atoms with Crippen LogP contribution in [0.4, 0.5) is 0 Å². The van der Waals surface area contributed by atoms with Crippen molar-refractivity contribution in [1.29, 1.82) is 0 Å². The number of hydrogen-bond acceptors (Lipinski definition) is 4. The van der Waals surface area contributed by atoms with E-state index in [2.05, 4.69) is 0 Å². The van der Waals surface area contributed by atoms with E-state index < -0.39 is 15.9 Å². The maximum atomic E-state index is 11.8. The van der Waals surface area contributed by atoms with Gasteiger partial charge < -0.3 is 4.74 Å². The predicted molar refractivity (Wildman–Crippen MR) is 77.1 cm³/mol. The molecule has 0 fully saturated rings. The molecule has 0 atom stereocenters. The molecule has 0 aliphatic heterocycles. The number of hydrazine groups is 1. The van der Waals surface area contributed by atoms with Crippen molar-refractivity contribution in [1.82, 2.24) is 10.3 Å². The molecule has 2 aromatic carbocycles. The van der Waals surface area contributed by atoms with E-state index >= 15 is 0 Å². The van der Waals surface area contributed by atoms with Crippen LogP contribution >= 0.6 is 0 Å². The van der Waals surface area contributed by atoms with Crippen molar-refractivity contribution in [2.24, 2.45) is 0 Å². The van der Waals surface area contributed by atoms with Crippen LogP contribution in [0.25, 0.3) is 0 Å². The first-order chi connectivity index (χ1) is 9.97. The van der Waals surface area contributed by atoms with Crippen molar-refractivity contribution in [2.75, 3.05) is 0 Å². The molecule has 0 heterocycles. The lowest BCUT2D eigenvalue weighted by molar-refractivity contribution is -0.119. The van der Waals surface area contributed by atoms with Gasteiger partial charge in [-0.1, -0.05) is 18.2 Å². The Morgan fingerprint density at radius 3 is 2.10 bits per heavy atom.